The van der Waals surface area contributed by atoms with Crippen LogP contribution in [-0.4, -0.2) is 27.4 Å². The summed E-state index contributed by atoms with van der Waals surface area (Å²) < 4.78 is 18.9. The van der Waals surface area contributed by atoms with Gasteiger partial charge >= 0.3 is 6.03 Å². The van der Waals surface area contributed by atoms with Crippen LogP contribution < -0.4 is 10.1 Å². The third-order valence-electron chi connectivity index (χ3n) is 3.63. The fourth-order valence-electron chi connectivity index (χ4n) is 2.41. The van der Waals surface area contributed by atoms with Crippen molar-refractivity contribution in [1.82, 2.24) is 15.2 Å². The van der Waals surface area contributed by atoms with Gasteiger partial charge < -0.3 is 10.1 Å². The predicted molar refractivity (Wildman–Crippen MR) is 83.9 cm³/mol. The first kappa shape index (κ1) is 15.9. The maximum Gasteiger partial charge on any atom is 0.325 e. The molecule has 0 spiro atoms. The van der Waals surface area contributed by atoms with Crippen LogP contribution in [0.3, 0.4) is 0 Å². The van der Waals surface area contributed by atoms with E-state index in [0.717, 1.165) is 4.90 Å². The third kappa shape index (κ3) is 3.05. The van der Waals surface area contributed by atoms with Gasteiger partial charge in [-0.3, -0.25) is 9.69 Å². The second kappa shape index (κ2) is 5.92. The highest BCUT2D eigenvalue weighted by atomic mass is 19.1. The molecule has 1 saturated heterocycles. The van der Waals surface area contributed by atoms with E-state index in [1.165, 1.54) is 24.4 Å². The molecule has 0 radical (unpaired) electrons. The number of halogens is 1. The van der Waals surface area contributed by atoms with Crippen molar-refractivity contribution >= 4 is 11.9 Å². The van der Waals surface area contributed by atoms with Crippen molar-refractivity contribution in [2.45, 2.75) is 25.9 Å². The zero-order valence-electron chi connectivity index (χ0n) is 13.2. The first-order valence-corrected chi connectivity index (χ1v) is 7.38. The Balaban J connectivity index is 1.85. The summed E-state index contributed by atoms with van der Waals surface area (Å²) in [6.45, 7) is 3.30. The van der Waals surface area contributed by atoms with Gasteiger partial charge in [-0.05, 0) is 32.0 Å². The van der Waals surface area contributed by atoms with Crippen molar-refractivity contribution in [3.05, 3.63) is 54.0 Å². The lowest BCUT2D eigenvalue weighted by atomic mass is 10.1. The van der Waals surface area contributed by atoms with Crippen LogP contribution in [0.1, 0.15) is 19.4 Å². The number of ether oxygens (including phenoxy) is 1. The molecule has 1 aliphatic rings. The van der Waals surface area contributed by atoms with Crippen LogP contribution >= 0.6 is 0 Å². The number of pyridine rings is 1. The summed E-state index contributed by atoms with van der Waals surface area (Å²) in [5, 5.41) is 2.62. The van der Waals surface area contributed by atoms with Crippen LogP contribution in [0, 0.1) is 5.82 Å². The standard InChI is InChI=1S/C17H16FN3O3/c1-17(2)15(22)21(16(23)20-17)10-11-5-4-8-19-14(11)24-13-7-3-6-12(18)9-13/h3-9H,10H2,1-2H3,(H,20,23). The first-order chi connectivity index (χ1) is 11.4. The number of imide groups is 1. The van der Waals surface area contributed by atoms with E-state index in [0.29, 0.717) is 5.56 Å². The molecule has 6 nitrogen and oxygen atoms in total. The smallest absolute Gasteiger partial charge is 0.325 e. The van der Waals surface area contributed by atoms with Gasteiger partial charge in [0.1, 0.15) is 17.1 Å². The van der Waals surface area contributed by atoms with Gasteiger partial charge in [0.2, 0.25) is 5.88 Å². The van der Waals surface area contributed by atoms with Gasteiger partial charge in [0, 0.05) is 17.8 Å². The van der Waals surface area contributed by atoms with Crippen molar-refractivity contribution in [3.8, 4) is 11.6 Å². The Bertz CT molecular complexity index is 807. The number of urea groups is 1. The van der Waals surface area contributed by atoms with Gasteiger partial charge in [0.15, 0.2) is 0 Å². The number of amides is 3. The van der Waals surface area contributed by atoms with Gasteiger partial charge in [0.05, 0.1) is 6.54 Å². The lowest BCUT2D eigenvalue weighted by Gasteiger charge is -2.17. The summed E-state index contributed by atoms with van der Waals surface area (Å²) in [6, 6.07) is 8.57. The maximum atomic E-state index is 13.3. The van der Waals surface area contributed by atoms with Crippen molar-refractivity contribution < 1.29 is 18.7 Å². The molecule has 7 heteroatoms. The van der Waals surface area contributed by atoms with E-state index in [1.807, 2.05) is 0 Å². The maximum absolute atomic E-state index is 13.3. The number of rotatable bonds is 4. The first-order valence-electron chi connectivity index (χ1n) is 7.38. The average Bonchev–Trinajstić information content (AvgIpc) is 2.71. The Morgan fingerprint density at radius 3 is 2.71 bits per heavy atom. The van der Waals surface area contributed by atoms with Crippen LogP contribution in [0.5, 0.6) is 11.6 Å². The highest BCUT2D eigenvalue weighted by molar-refractivity contribution is 6.06. The second-order valence-electron chi connectivity index (χ2n) is 5.97. The molecule has 1 fully saturated rings. The molecular formula is C17H16FN3O3. The summed E-state index contributed by atoms with van der Waals surface area (Å²) in [4.78, 5) is 29.5. The highest BCUT2D eigenvalue weighted by Crippen LogP contribution is 2.26. The van der Waals surface area contributed by atoms with E-state index >= 15 is 0 Å². The molecule has 0 atom stereocenters. The van der Waals surface area contributed by atoms with Gasteiger partial charge in [0.25, 0.3) is 5.91 Å². The monoisotopic (exact) mass is 329 g/mol. The molecule has 0 aliphatic carbocycles. The van der Waals surface area contributed by atoms with Crippen LogP contribution in [0.25, 0.3) is 0 Å². The fourth-order valence-corrected chi connectivity index (χ4v) is 2.41. The molecule has 0 bridgehead atoms. The van der Waals surface area contributed by atoms with Gasteiger partial charge in [-0.25, -0.2) is 14.2 Å². The molecule has 0 unspecified atom stereocenters. The molecule has 1 aliphatic heterocycles. The third-order valence-corrected chi connectivity index (χ3v) is 3.63. The van der Waals surface area contributed by atoms with E-state index < -0.39 is 17.4 Å². The summed E-state index contributed by atoms with van der Waals surface area (Å²) in [6.07, 6.45) is 1.52. The second-order valence-corrected chi connectivity index (χ2v) is 5.97. The minimum absolute atomic E-state index is 0.0204. The lowest BCUT2D eigenvalue weighted by molar-refractivity contribution is -0.130. The summed E-state index contributed by atoms with van der Waals surface area (Å²) >= 11 is 0. The molecule has 3 amide bonds. The van der Waals surface area contributed by atoms with E-state index in [2.05, 4.69) is 10.3 Å². The minimum atomic E-state index is -0.942. The van der Waals surface area contributed by atoms with Crippen molar-refractivity contribution in [2.24, 2.45) is 0 Å². The summed E-state index contributed by atoms with van der Waals surface area (Å²) in [7, 11) is 0. The highest BCUT2D eigenvalue weighted by Gasteiger charge is 2.44. The molecule has 3 rings (SSSR count). The number of aromatic nitrogens is 1. The molecule has 2 aromatic rings. The molecule has 24 heavy (non-hydrogen) atoms. The van der Waals surface area contributed by atoms with Gasteiger partial charge in [-0.2, -0.15) is 0 Å². The lowest BCUT2D eigenvalue weighted by Crippen LogP contribution is -2.40. The Morgan fingerprint density at radius 1 is 1.25 bits per heavy atom. The Labute approximate surface area is 138 Å². The largest absolute Gasteiger partial charge is 0.439 e. The molecule has 124 valence electrons. The summed E-state index contributed by atoms with van der Waals surface area (Å²) in [5.41, 5.74) is -0.397. The van der Waals surface area contributed by atoms with Gasteiger partial charge in [-0.15, -0.1) is 0 Å². The average molecular weight is 329 g/mol. The SMILES string of the molecule is CC1(C)NC(=O)N(Cc2cccnc2Oc2cccc(F)c2)C1=O. The quantitative estimate of drug-likeness (QED) is 0.876. The van der Waals surface area contributed by atoms with Crippen molar-refractivity contribution in [3.63, 3.8) is 0 Å². The molecular weight excluding hydrogens is 313 g/mol. The molecule has 0 saturated carbocycles. The number of nitrogens with zero attached hydrogens (tertiary/aromatic N) is 2. The van der Waals surface area contributed by atoms with E-state index in [-0.39, 0.29) is 24.1 Å². The minimum Gasteiger partial charge on any atom is -0.439 e. The zero-order chi connectivity index (χ0) is 17.3. The Morgan fingerprint density at radius 2 is 2.04 bits per heavy atom. The van der Waals surface area contributed by atoms with Crippen LogP contribution in [0.2, 0.25) is 0 Å². The normalized spacial score (nSPS) is 16.2. The molecule has 1 N–H and O–H groups in total. The van der Waals surface area contributed by atoms with Crippen LogP contribution in [0.15, 0.2) is 42.6 Å². The predicted octanol–water partition coefficient (Wildman–Crippen LogP) is 2.84. The van der Waals surface area contributed by atoms with E-state index in [1.54, 1.807) is 32.0 Å². The van der Waals surface area contributed by atoms with E-state index in [9.17, 15) is 14.0 Å². The zero-order valence-corrected chi connectivity index (χ0v) is 13.2. The summed E-state index contributed by atoms with van der Waals surface area (Å²) in [5.74, 6) is -0.255. The molecule has 1 aromatic heterocycles. The van der Waals surface area contributed by atoms with Crippen LogP contribution in [0.4, 0.5) is 9.18 Å². The van der Waals surface area contributed by atoms with Crippen molar-refractivity contribution in [2.75, 3.05) is 0 Å². The fraction of sp³-hybridized carbons (Fsp3) is 0.235. The van der Waals surface area contributed by atoms with E-state index in [4.69, 9.17) is 4.74 Å². The number of carbonyl (C=O) groups excluding carboxylic acids is 2. The number of carbonyl (C=O) groups is 2. The van der Waals surface area contributed by atoms with Crippen molar-refractivity contribution in [1.29, 1.82) is 0 Å². The topological polar surface area (TPSA) is 71.5 Å². The molecule has 1 aromatic carbocycles. The number of hydrogen-bond acceptors (Lipinski definition) is 4. The number of benzene rings is 1. The molecule has 2 heterocycles. The number of nitrogens with one attached hydrogen (secondary N) is 1. The Kier molecular flexibility index (Phi) is 3.92. The van der Waals surface area contributed by atoms with Gasteiger partial charge in [-0.1, -0.05) is 12.1 Å². The van der Waals surface area contributed by atoms with Crippen LogP contribution in [-0.2, 0) is 11.3 Å². The Hall–Kier alpha value is -2.96. The number of hydrogen-bond donors (Lipinski definition) is 1.